The van der Waals surface area contributed by atoms with Crippen LogP contribution in [0.4, 0.5) is 0 Å². The van der Waals surface area contributed by atoms with Gasteiger partial charge >= 0.3 is 0 Å². The van der Waals surface area contributed by atoms with Gasteiger partial charge in [0.05, 0.1) is 5.69 Å². The molecule has 25 heavy (non-hydrogen) atoms. The van der Waals surface area contributed by atoms with Gasteiger partial charge < -0.3 is 4.74 Å². The number of hydrogen-bond acceptors (Lipinski definition) is 3. The molecule has 0 bridgehead atoms. The lowest BCUT2D eigenvalue weighted by Gasteiger charge is -2.32. The molecule has 2 aromatic carbocycles. The number of benzene rings is 2. The summed E-state index contributed by atoms with van der Waals surface area (Å²) in [7, 11) is 0. The van der Waals surface area contributed by atoms with Gasteiger partial charge in [-0.3, -0.25) is 4.79 Å². The second-order valence-corrected chi connectivity index (χ2v) is 7.00. The van der Waals surface area contributed by atoms with Gasteiger partial charge in [-0.1, -0.05) is 18.2 Å². The van der Waals surface area contributed by atoms with Gasteiger partial charge in [-0.25, -0.2) is 4.68 Å². The SMILES string of the molecule is CC1(C)CCc2cc(-c3ccn(C(=O)c4ccccc4)n3)ccc2O1. The molecule has 0 unspecified atom stereocenters. The first kappa shape index (κ1) is 15.6. The zero-order chi connectivity index (χ0) is 17.4. The molecular weight excluding hydrogens is 312 g/mol. The molecule has 0 spiro atoms. The van der Waals surface area contributed by atoms with Crippen molar-refractivity contribution in [2.45, 2.75) is 32.3 Å². The van der Waals surface area contributed by atoms with Crippen LogP contribution in [0.5, 0.6) is 5.75 Å². The second-order valence-electron chi connectivity index (χ2n) is 7.00. The van der Waals surface area contributed by atoms with Gasteiger partial charge in [-0.2, -0.15) is 5.10 Å². The third-order valence-electron chi connectivity index (χ3n) is 4.56. The van der Waals surface area contributed by atoms with Gasteiger partial charge in [0.25, 0.3) is 5.91 Å². The second kappa shape index (κ2) is 5.88. The van der Waals surface area contributed by atoms with E-state index >= 15 is 0 Å². The Labute approximate surface area is 147 Å². The molecule has 3 aromatic rings. The van der Waals surface area contributed by atoms with Crippen molar-refractivity contribution in [2.75, 3.05) is 0 Å². The lowest BCUT2D eigenvalue weighted by molar-refractivity contribution is 0.0847. The minimum Gasteiger partial charge on any atom is -0.488 e. The molecule has 0 radical (unpaired) electrons. The molecule has 2 heterocycles. The number of rotatable bonds is 2. The lowest BCUT2D eigenvalue weighted by Crippen LogP contribution is -2.32. The fraction of sp³-hybridized carbons (Fsp3) is 0.238. The normalized spacial score (nSPS) is 15.3. The number of aromatic nitrogens is 2. The van der Waals surface area contributed by atoms with Gasteiger partial charge in [0, 0.05) is 17.3 Å². The molecule has 0 saturated heterocycles. The standard InChI is InChI=1S/C21H20N2O2/c1-21(2)12-10-17-14-16(8-9-19(17)25-21)18-11-13-23(22-18)20(24)15-6-4-3-5-7-15/h3-9,11,13-14H,10,12H2,1-2H3. The molecule has 4 nitrogen and oxygen atoms in total. The van der Waals surface area contributed by atoms with Crippen molar-refractivity contribution in [3.63, 3.8) is 0 Å². The molecule has 0 atom stereocenters. The summed E-state index contributed by atoms with van der Waals surface area (Å²) in [5.74, 6) is 0.815. The number of fused-ring (bicyclic) bond motifs is 1. The summed E-state index contributed by atoms with van der Waals surface area (Å²) in [6, 6.07) is 17.2. The topological polar surface area (TPSA) is 44.1 Å². The van der Waals surface area contributed by atoms with E-state index in [1.54, 1.807) is 18.3 Å². The fourth-order valence-corrected chi connectivity index (χ4v) is 3.12. The Morgan fingerprint density at radius 2 is 1.92 bits per heavy atom. The van der Waals surface area contributed by atoms with E-state index in [4.69, 9.17) is 4.74 Å². The Hall–Kier alpha value is -2.88. The summed E-state index contributed by atoms with van der Waals surface area (Å²) in [5.41, 5.74) is 3.50. The summed E-state index contributed by atoms with van der Waals surface area (Å²) in [5, 5.41) is 4.46. The van der Waals surface area contributed by atoms with Crippen LogP contribution in [0.15, 0.2) is 60.8 Å². The van der Waals surface area contributed by atoms with E-state index < -0.39 is 0 Å². The van der Waals surface area contributed by atoms with Crippen LogP contribution in [-0.4, -0.2) is 21.3 Å². The maximum absolute atomic E-state index is 12.5. The van der Waals surface area contributed by atoms with Crippen molar-refractivity contribution < 1.29 is 9.53 Å². The van der Waals surface area contributed by atoms with E-state index in [-0.39, 0.29) is 11.5 Å². The highest BCUT2D eigenvalue weighted by Gasteiger charge is 2.26. The van der Waals surface area contributed by atoms with Crippen molar-refractivity contribution in [1.29, 1.82) is 0 Å². The average molecular weight is 332 g/mol. The summed E-state index contributed by atoms with van der Waals surface area (Å²) in [6.07, 6.45) is 3.69. The van der Waals surface area contributed by atoms with E-state index in [0.717, 1.165) is 29.8 Å². The molecule has 1 aliphatic rings. The van der Waals surface area contributed by atoms with Crippen LogP contribution in [-0.2, 0) is 6.42 Å². The number of aryl methyl sites for hydroxylation is 1. The van der Waals surface area contributed by atoms with Gasteiger partial charge in [0.2, 0.25) is 0 Å². The number of nitrogens with zero attached hydrogens (tertiary/aromatic N) is 2. The number of hydrogen-bond donors (Lipinski definition) is 0. The van der Waals surface area contributed by atoms with E-state index in [2.05, 4.69) is 25.0 Å². The van der Waals surface area contributed by atoms with Crippen LogP contribution < -0.4 is 4.74 Å². The molecule has 1 aliphatic heterocycles. The van der Waals surface area contributed by atoms with Crippen molar-refractivity contribution >= 4 is 5.91 Å². The Morgan fingerprint density at radius 1 is 1.12 bits per heavy atom. The Kier molecular flexibility index (Phi) is 3.68. The van der Waals surface area contributed by atoms with Crippen LogP contribution in [0.1, 0.15) is 36.2 Å². The Morgan fingerprint density at radius 3 is 2.72 bits per heavy atom. The highest BCUT2D eigenvalue weighted by atomic mass is 16.5. The highest BCUT2D eigenvalue weighted by molar-refractivity contribution is 5.95. The van der Waals surface area contributed by atoms with E-state index in [1.165, 1.54) is 10.2 Å². The molecule has 126 valence electrons. The molecule has 0 amide bonds. The number of ether oxygens (including phenoxy) is 1. The lowest BCUT2D eigenvalue weighted by atomic mass is 9.93. The van der Waals surface area contributed by atoms with Crippen LogP contribution >= 0.6 is 0 Å². The molecule has 4 heteroatoms. The van der Waals surface area contributed by atoms with E-state index in [0.29, 0.717) is 5.56 Å². The zero-order valence-corrected chi connectivity index (χ0v) is 14.4. The fourth-order valence-electron chi connectivity index (χ4n) is 3.12. The molecular formula is C21H20N2O2. The molecule has 0 aliphatic carbocycles. The Bertz CT molecular complexity index is 926. The molecule has 1 aromatic heterocycles. The minimum atomic E-state index is -0.130. The molecule has 0 fully saturated rings. The van der Waals surface area contributed by atoms with E-state index in [1.807, 2.05) is 36.4 Å². The van der Waals surface area contributed by atoms with Crippen molar-refractivity contribution in [3.8, 4) is 17.0 Å². The van der Waals surface area contributed by atoms with Crippen molar-refractivity contribution in [2.24, 2.45) is 0 Å². The van der Waals surface area contributed by atoms with Crippen LogP contribution in [0.3, 0.4) is 0 Å². The predicted molar refractivity (Wildman–Crippen MR) is 96.9 cm³/mol. The maximum Gasteiger partial charge on any atom is 0.278 e. The monoisotopic (exact) mass is 332 g/mol. The first-order valence-electron chi connectivity index (χ1n) is 8.50. The van der Waals surface area contributed by atoms with Gasteiger partial charge in [0.15, 0.2) is 0 Å². The Balaban J connectivity index is 1.62. The molecule has 0 N–H and O–H groups in total. The zero-order valence-electron chi connectivity index (χ0n) is 14.4. The van der Waals surface area contributed by atoms with Crippen LogP contribution in [0, 0.1) is 0 Å². The summed E-state index contributed by atoms with van der Waals surface area (Å²) in [4.78, 5) is 12.5. The first-order chi connectivity index (χ1) is 12.0. The third kappa shape index (κ3) is 3.07. The quantitative estimate of drug-likeness (QED) is 0.701. The largest absolute Gasteiger partial charge is 0.488 e. The molecule has 4 rings (SSSR count). The van der Waals surface area contributed by atoms with Crippen LogP contribution in [0.2, 0.25) is 0 Å². The van der Waals surface area contributed by atoms with Crippen LogP contribution in [0.25, 0.3) is 11.3 Å². The third-order valence-corrected chi connectivity index (χ3v) is 4.56. The van der Waals surface area contributed by atoms with E-state index in [9.17, 15) is 4.79 Å². The minimum absolute atomic E-state index is 0.113. The number of carbonyl (C=O) groups is 1. The summed E-state index contributed by atoms with van der Waals surface area (Å²) in [6.45, 7) is 4.22. The molecule has 0 saturated carbocycles. The summed E-state index contributed by atoms with van der Waals surface area (Å²) >= 11 is 0. The smallest absolute Gasteiger partial charge is 0.278 e. The number of carbonyl (C=O) groups excluding carboxylic acids is 1. The first-order valence-corrected chi connectivity index (χ1v) is 8.50. The van der Waals surface area contributed by atoms with Gasteiger partial charge in [0.1, 0.15) is 11.4 Å². The van der Waals surface area contributed by atoms with Gasteiger partial charge in [-0.05, 0) is 68.7 Å². The maximum atomic E-state index is 12.5. The predicted octanol–water partition coefficient (Wildman–Crippen LogP) is 4.34. The average Bonchev–Trinajstić information content (AvgIpc) is 3.11. The highest BCUT2D eigenvalue weighted by Crippen LogP contribution is 2.35. The summed E-state index contributed by atoms with van der Waals surface area (Å²) < 4.78 is 7.42. The van der Waals surface area contributed by atoms with Crippen molar-refractivity contribution in [1.82, 2.24) is 9.78 Å². The van der Waals surface area contributed by atoms with Crippen molar-refractivity contribution in [3.05, 3.63) is 71.9 Å². The van der Waals surface area contributed by atoms with Gasteiger partial charge in [-0.15, -0.1) is 0 Å².